The standard InChI is InChI=1S/C15H26N2O/c1-10(2)13-15(18)17(12-8-5-9-12)14(16-13)11-6-3-4-7-11/h10-14,16H,3-9H2,1-2H3. The lowest BCUT2D eigenvalue weighted by Gasteiger charge is -2.40. The number of carbonyl (C=O) groups is 1. The molecular weight excluding hydrogens is 224 g/mol. The molecule has 3 fully saturated rings. The van der Waals surface area contributed by atoms with Gasteiger partial charge < -0.3 is 4.90 Å². The minimum absolute atomic E-state index is 0.0659. The van der Waals surface area contributed by atoms with Gasteiger partial charge in [-0.05, 0) is 43.9 Å². The van der Waals surface area contributed by atoms with E-state index in [0.29, 0.717) is 30.0 Å². The van der Waals surface area contributed by atoms with E-state index in [1.54, 1.807) is 0 Å². The lowest BCUT2D eigenvalue weighted by atomic mass is 9.89. The summed E-state index contributed by atoms with van der Waals surface area (Å²) in [6.07, 6.45) is 9.40. The van der Waals surface area contributed by atoms with Crippen molar-refractivity contribution < 1.29 is 4.79 Å². The molecule has 0 radical (unpaired) electrons. The molecule has 1 heterocycles. The number of carbonyl (C=O) groups excluding carboxylic acids is 1. The van der Waals surface area contributed by atoms with Crippen LogP contribution in [0.2, 0.25) is 0 Å². The Morgan fingerprint density at radius 2 is 1.78 bits per heavy atom. The monoisotopic (exact) mass is 250 g/mol. The summed E-state index contributed by atoms with van der Waals surface area (Å²) >= 11 is 0. The van der Waals surface area contributed by atoms with Gasteiger partial charge >= 0.3 is 0 Å². The highest BCUT2D eigenvalue weighted by molar-refractivity contribution is 5.85. The highest BCUT2D eigenvalue weighted by atomic mass is 16.2. The molecule has 102 valence electrons. The van der Waals surface area contributed by atoms with Crippen LogP contribution in [0.1, 0.15) is 58.8 Å². The Kier molecular flexibility index (Phi) is 3.35. The third-order valence-corrected chi connectivity index (χ3v) is 5.15. The number of nitrogens with zero attached hydrogens (tertiary/aromatic N) is 1. The van der Waals surface area contributed by atoms with Crippen LogP contribution in [-0.4, -0.2) is 29.1 Å². The lowest BCUT2D eigenvalue weighted by Crippen LogP contribution is -2.50. The number of rotatable bonds is 3. The van der Waals surface area contributed by atoms with Crippen molar-refractivity contribution in [2.45, 2.75) is 77.0 Å². The van der Waals surface area contributed by atoms with Gasteiger partial charge in [0.05, 0.1) is 12.2 Å². The normalized spacial score (nSPS) is 34.6. The van der Waals surface area contributed by atoms with Crippen molar-refractivity contribution in [1.29, 1.82) is 0 Å². The Morgan fingerprint density at radius 3 is 2.28 bits per heavy atom. The number of amides is 1. The van der Waals surface area contributed by atoms with Crippen molar-refractivity contribution in [2.75, 3.05) is 0 Å². The summed E-state index contributed by atoms with van der Waals surface area (Å²) in [5.74, 6) is 1.50. The van der Waals surface area contributed by atoms with E-state index in [2.05, 4.69) is 24.1 Å². The van der Waals surface area contributed by atoms with Gasteiger partial charge in [0, 0.05) is 6.04 Å². The van der Waals surface area contributed by atoms with Crippen LogP contribution in [0.25, 0.3) is 0 Å². The van der Waals surface area contributed by atoms with Gasteiger partial charge in [-0.1, -0.05) is 26.7 Å². The van der Waals surface area contributed by atoms with Crippen LogP contribution < -0.4 is 5.32 Å². The van der Waals surface area contributed by atoms with E-state index in [4.69, 9.17) is 0 Å². The summed E-state index contributed by atoms with van der Waals surface area (Å²) < 4.78 is 0. The van der Waals surface area contributed by atoms with Crippen LogP contribution in [0, 0.1) is 11.8 Å². The lowest BCUT2D eigenvalue weighted by molar-refractivity contribution is -0.135. The van der Waals surface area contributed by atoms with E-state index in [0.717, 1.165) is 0 Å². The number of hydrogen-bond acceptors (Lipinski definition) is 2. The second-order valence-electron chi connectivity index (χ2n) is 6.71. The van der Waals surface area contributed by atoms with Gasteiger partial charge in [0.2, 0.25) is 5.91 Å². The van der Waals surface area contributed by atoms with Gasteiger partial charge in [0.1, 0.15) is 0 Å². The zero-order valence-electron chi connectivity index (χ0n) is 11.7. The highest BCUT2D eigenvalue weighted by Gasteiger charge is 2.47. The Balaban J connectivity index is 1.78. The summed E-state index contributed by atoms with van der Waals surface area (Å²) in [6.45, 7) is 4.32. The average molecular weight is 250 g/mol. The molecule has 2 saturated carbocycles. The van der Waals surface area contributed by atoms with Crippen LogP contribution in [0.4, 0.5) is 0 Å². The van der Waals surface area contributed by atoms with Crippen LogP contribution in [0.3, 0.4) is 0 Å². The second kappa shape index (κ2) is 4.84. The van der Waals surface area contributed by atoms with Crippen molar-refractivity contribution in [3.63, 3.8) is 0 Å². The van der Waals surface area contributed by atoms with E-state index < -0.39 is 0 Å². The highest BCUT2D eigenvalue weighted by Crippen LogP contribution is 2.37. The van der Waals surface area contributed by atoms with E-state index in [-0.39, 0.29) is 6.04 Å². The van der Waals surface area contributed by atoms with Crippen molar-refractivity contribution >= 4 is 5.91 Å². The molecule has 3 heteroatoms. The van der Waals surface area contributed by atoms with Gasteiger partial charge in [0.25, 0.3) is 0 Å². The van der Waals surface area contributed by atoms with E-state index in [9.17, 15) is 4.79 Å². The van der Waals surface area contributed by atoms with Gasteiger partial charge in [-0.2, -0.15) is 0 Å². The maximum absolute atomic E-state index is 12.6. The maximum atomic E-state index is 12.6. The summed E-state index contributed by atoms with van der Waals surface area (Å²) in [5, 5.41) is 3.66. The zero-order chi connectivity index (χ0) is 12.7. The minimum atomic E-state index is 0.0659. The fraction of sp³-hybridized carbons (Fsp3) is 0.933. The maximum Gasteiger partial charge on any atom is 0.241 e. The quantitative estimate of drug-likeness (QED) is 0.834. The van der Waals surface area contributed by atoms with Crippen molar-refractivity contribution in [3.05, 3.63) is 0 Å². The van der Waals surface area contributed by atoms with E-state index >= 15 is 0 Å². The number of hydrogen-bond donors (Lipinski definition) is 1. The van der Waals surface area contributed by atoms with Crippen LogP contribution in [-0.2, 0) is 4.79 Å². The molecule has 0 spiro atoms. The molecule has 1 N–H and O–H groups in total. The zero-order valence-corrected chi connectivity index (χ0v) is 11.7. The largest absolute Gasteiger partial charge is 0.323 e. The van der Waals surface area contributed by atoms with Gasteiger partial charge in [-0.15, -0.1) is 0 Å². The third kappa shape index (κ3) is 1.97. The first-order valence-electron chi connectivity index (χ1n) is 7.76. The molecule has 1 amide bonds. The summed E-state index contributed by atoms with van der Waals surface area (Å²) in [6, 6.07) is 0.607. The molecule has 0 aromatic rings. The van der Waals surface area contributed by atoms with Gasteiger partial charge in [0.15, 0.2) is 0 Å². The molecule has 0 aromatic carbocycles. The number of nitrogens with one attached hydrogen (secondary N) is 1. The fourth-order valence-electron chi connectivity index (χ4n) is 3.82. The van der Waals surface area contributed by atoms with Gasteiger partial charge in [-0.25, -0.2) is 0 Å². The first kappa shape index (κ1) is 12.5. The third-order valence-electron chi connectivity index (χ3n) is 5.15. The molecule has 3 nitrogen and oxygen atoms in total. The predicted octanol–water partition coefficient (Wildman–Crippen LogP) is 2.51. The molecule has 2 atom stereocenters. The molecule has 2 unspecified atom stereocenters. The Morgan fingerprint density at radius 1 is 1.11 bits per heavy atom. The van der Waals surface area contributed by atoms with Crippen LogP contribution in [0.5, 0.6) is 0 Å². The second-order valence-corrected chi connectivity index (χ2v) is 6.71. The average Bonchev–Trinajstić information content (AvgIpc) is 2.85. The van der Waals surface area contributed by atoms with Crippen molar-refractivity contribution in [3.8, 4) is 0 Å². The first-order valence-corrected chi connectivity index (χ1v) is 7.76. The van der Waals surface area contributed by atoms with Crippen molar-refractivity contribution in [1.82, 2.24) is 10.2 Å². The van der Waals surface area contributed by atoms with Crippen molar-refractivity contribution in [2.24, 2.45) is 11.8 Å². The molecule has 2 aliphatic carbocycles. The topological polar surface area (TPSA) is 32.3 Å². The fourth-order valence-corrected chi connectivity index (χ4v) is 3.82. The summed E-state index contributed by atoms with van der Waals surface area (Å²) in [7, 11) is 0. The Bertz CT molecular complexity index is 318. The van der Waals surface area contributed by atoms with E-state index in [1.807, 2.05) is 0 Å². The van der Waals surface area contributed by atoms with E-state index in [1.165, 1.54) is 44.9 Å². The Labute approximate surface area is 110 Å². The predicted molar refractivity (Wildman–Crippen MR) is 72.0 cm³/mol. The smallest absolute Gasteiger partial charge is 0.241 e. The van der Waals surface area contributed by atoms with Crippen LogP contribution in [0.15, 0.2) is 0 Å². The molecule has 0 aromatic heterocycles. The summed E-state index contributed by atoms with van der Waals surface area (Å²) in [5.41, 5.74) is 0. The molecule has 1 aliphatic heterocycles. The molecule has 1 saturated heterocycles. The minimum Gasteiger partial charge on any atom is -0.323 e. The molecule has 3 rings (SSSR count). The van der Waals surface area contributed by atoms with Crippen LogP contribution >= 0.6 is 0 Å². The SMILES string of the molecule is CC(C)C1NC(C2CCCC2)N(C2CCC2)C1=O. The first-order chi connectivity index (χ1) is 8.68. The van der Waals surface area contributed by atoms with Gasteiger partial charge in [-0.3, -0.25) is 10.1 Å². The molecular formula is C15H26N2O. The Hall–Kier alpha value is -0.570. The molecule has 18 heavy (non-hydrogen) atoms. The molecule has 3 aliphatic rings. The summed E-state index contributed by atoms with van der Waals surface area (Å²) in [4.78, 5) is 14.9. The molecule has 0 bridgehead atoms.